The molecule has 0 heterocycles. The van der Waals surface area contributed by atoms with E-state index in [1.54, 1.807) is 0 Å². The van der Waals surface area contributed by atoms with Crippen LogP contribution in [0.4, 0.5) is 0 Å². The molecule has 2 unspecified atom stereocenters. The maximum atomic E-state index is 11.3. The zero-order valence-corrected chi connectivity index (χ0v) is 20.8. The second kappa shape index (κ2) is 18.9. The van der Waals surface area contributed by atoms with Gasteiger partial charge in [0.1, 0.15) is 0 Å². The predicted molar refractivity (Wildman–Crippen MR) is 100 cm³/mol. The van der Waals surface area contributed by atoms with Crippen molar-refractivity contribution in [3.63, 3.8) is 0 Å². The van der Waals surface area contributed by atoms with Gasteiger partial charge < -0.3 is 9.66 Å². The van der Waals surface area contributed by atoms with Crippen molar-refractivity contribution in [2.45, 2.75) is 122 Å². The topological polar surface area (TPSA) is 77.4 Å². The molecule has 0 spiro atoms. The van der Waals surface area contributed by atoms with Crippen molar-refractivity contribution in [3.05, 3.63) is 0 Å². The van der Waals surface area contributed by atoms with Crippen LogP contribution in [0.5, 0.6) is 0 Å². The largest absolute Gasteiger partial charge is 1.00 e. The number of hydrogen-bond donors (Lipinski definition) is 1. The van der Waals surface area contributed by atoms with Gasteiger partial charge in [0.05, 0.1) is 16.2 Å². The summed E-state index contributed by atoms with van der Waals surface area (Å²) in [4.78, 5) is 0. The molecule has 6 heteroatoms. The molecule has 0 fully saturated rings. The summed E-state index contributed by atoms with van der Waals surface area (Å²) in [6.45, 7) is 4.27. The third-order valence-corrected chi connectivity index (χ3v) is 6.03. The molecule has 0 aromatic carbocycles. The molecule has 0 aromatic rings. The van der Waals surface area contributed by atoms with E-state index in [9.17, 15) is 18.1 Å². The van der Waals surface area contributed by atoms with Crippen LogP contribution < -0.4 is 51.4 Å². The molecule has 4 nitrogen and oxygen atoms in total. The van der Waals surface area contributed by atoms with E-state index < -0.39 is 15.4 Å². The fraction of sp³-hybridized carbons (Fsp3) is 1.00. The van der Waals surface area contributed by atoms with Gasteiger partial charge in [-0.05, 0) is 32.1 Å². The van der Waals surface area contributed by atoms with Crippen LogP contribution in [0.1, 0.15) is 110 Å². The Morgan fingerprint density at radius 1 is 0.720 bits per heavy atom. The van der Waals surface area contributed by atoms with Gasteiger partial charge >= 0.3 is 51.4 Å². The second-order valence-corrected chi connectivity index (χ2v) is 8.76. The molecule has 25 heavy (non-hydrogen) atoms. The summed E-state index contributed by atoms with van der Waals surface area (Å²) in [6.07, 6.45) is 13.9. The molecule has 0 aliphatic carbocycles. The third kappa shape index (κ3) is 18.6. The Hall–Kier alpha value is 1.51. The van der Waals surface area contributed by atoms with Crippen molar-refractivity contribution in [1.82, 2.24) is 0 Å². The minimum Gasteiger partial charge on any atom is -0.748 e. The molecule has 0 bridgehead atoms. The van der Waals surface area contributed by atoms with E-state index >= 15 is 0 Å². The molecule has 0 aromatic heterocycles. The Labute approximate surface area is 199 Å². The summed E-state index contributed by atoms with van der Waals surface area (Å²) in [7, 11) is -4.21. The fourth-order valence-corrected chi connectivity index (χ4v) is 4.03. The minimum atomic E-state index is -4.21. The average molecular weight is 403 g/mol. The van der Waals surface area contributed by atoms with Crippen molar-refractivity contribution >= 4 is 10.1 Å². The molecule has 0 aliphatic heterocycles. The molecule has 0 saturated heterocycles. The van der Waals surface area contributed by atoms with E-state index in [1.807, 2.05) is 0 Å². The van der Waals surface area contributed by atoms with Gasteiger partial charge in [-0.3, -0.25) is 0 Å². The maximum absolute atomic E-state index is 11.3. The van der Waals surface area contributed by atoms with Gasteiger partial charge in [0.25, 0.3) is 0 Å². The molecule has 0 radical (unpaired) electrons. The van der Waals surface area contributed by atoms with Crippen LogP contribution in [0.15, 0.2) is 0 Å². The van der Waals surface area contributed by atoms with Crippen molar-refractivity contribution in [1.29, 1.82) is 0 Å². The van der Waals surface area contributed by atoms with Crippen LogP contribution >= 0.6 is 0 Å². The SMILES string of the molecule is CCCCCCCCCC(O)CCCC(CCCCC)S(=O)(=O)[O-].[K+]. The Balaban J connectivity index is 0. The van der Waals surface area contributed by atoms with E-state index in [-0.39, 0.29) is 57.5 Å². The minimum absolute atomic E-state index is 0. The normalized spacial score (nSPS) is 14.1. The molecule has 0 saturated carbocycles. The van der Waals surface area contributed by atoms with Gasteiger partial charge in [-0.25, -0.2) is 8.42 Å². The molecule has 0 amide bonds. The van der Waals surface area contributed by atoms with Crippen LogP contribution in [0, 0.1) is 0 Å². The molecule has 0 aliphatic rings. The van der Waals surface area contributed by atoms with Crippen LogP contribution in [0.2, 0.25) is 0 Å². The number of aliphatic hydroxyl groups is 1. The van der Waals surface area contributed by atoms with Gasteiger partial charge in [-0.1, -0.05) is 78.1 Å². The first kappa shape index (κ1) is 28.7. The van der Waals surface area contributed by atoms with Crippen LogP contribution in [-0.2, 0) is 10.1 Å². The number of aliphatic hydroxyl groups excluding tert-OH is 1. The molecular formula is C19H39KO4S. The fourth-order valence-electron chi connectivity index (χ4n) is 3.12. The van der Waals surface area contributed by atoms with Crippen LogP contribution in [-0.4, -0.2) is 29.4 Å². The summed E-state index contributed by atoms with van der Waals surface area (Å²) < 4.78 is 33.9. The van der Waals surface area contributed by atoms with Crippen molar-refractivity contribution in [3.8, 4) is 0 Å². The molecule has 2 atom stereocenters. The predicted octanol–water partition coefficient (Wildman–Crippen LogP) is 2.16. The molecule has 0 rings (SSSR count). The summed E-state index contributed by atoms with van der Waals surface area (Å²) in [6, 6.07) is 0. The Morgan fingerprint density at radius 2 is 1.12 bits per heavy atom. The number of rotatable bonds is 17. The standard InChI is InChI=1S/C19H40O4S.K/c1-3-5-7-8-9-10-12-14-18(20)15-13-17-19(24(21,22)23)16-11-6-4-2;/h18-20H,3-17H2,1-2H3,(H,21,22,23);/q;+1/p-1. The third-order valence-electron chi connectivity index (χ3n) is 4.74. The first-order valence-electron chi connectivity index (χ1n) is 10.0. The quantitative estimate of drug-likeness (QED) is 0.230. The van der Waals surface area contributed by atoms with E-state index in [1.165, 1.54) is 32.1 Å². The Morgan fingerprint density at radius 3 is 1.68 bits per heavy atom. The van der Waals surface area contributed by atoms with Crippen LogP contribution in [0.25, 0.3) is 0 Å². The maximum Gasteiger partial charge on any atom is 1.00 e. The zero-order chi connectivity index (χ0) is 18.3. The summed E-state index contributed by atoms with van der Waals surface area (Å²) >= 11 is 0. The van der Waals surface area contributed by atoms with E-state index in [0.29, 0.717) is 25.7 Å². The summed E-state index contributed by atoms with van der Waals surface area (Å²) in [5.41, 5.74) is 0. The number of hydrogen-bond acceptors (Lipinski definition) is 4. The van der Waals surface area contributed by atoms with Gasteiger partial charge in [-0.2, -0.15) is 0 Å². The number of unbranched alkanes of at least 4 members (excludes halogenated alkanes) is 8. The molecule has 1 N–H and O–H groups in total. The van der Waals surface area contributed by atoms with E-state index in [4.69, 9.17) is 0 Å². The van der Waals surface area contributed by atoms with Crippen molar-refractivity contribution < 1.29 is 69.5 Å². The van der Waals surface area contributed by atoms with Crippen molar-refractivity contribution in [2.75, 3.05) is 0 Å². The zero-order valence-electron chi connectivity index (χ0n) is 16.8. The molecule has 146 valence electrons. The average Bonchev–Trinajstić information content (AvgIpc) is 2.51. The first-order chi connectivity index (χ1) is 11.4. The second-order valence-electron chi connectivity index (χ2n) is 7.11. The van der Waals surface area contributed by atoms with Gasteiger partial charge in [0.15, 0.2) is 0 Å². The Bertz CT molecular complexity index is 374. The summed E-state index contributed by atoms with van der Waals surface area (Å²) in [5.74, 6) is 0. The van der Waals surface area contributed by atoms with Gasteiger partial charge in [-0.15, -0.1) is 0 Å². The van der Waals surface area contributed by atoms with Gasteiger partial charge in [0.2, 0.25) is 0 Å². The van der Waals surface area contributed by atoms with E-state index in [2.05, 4.69) is 13.8 Å². The summed E-state index contributed by atoms with van der Waals surface area (Å²) in [5, 5.41) is 9.22. The smallest absolute Gasteiger partial charge is 0.748 e. The van der Waals surface area contributed by atoms with Crippen molar-refractivity contribution in [2.24, 2.45) is 0 Å². The first-order valence-corrected chi connectivity index (χ1v) is 11.5. The Kier molecular flexibility index (Phi) is 21.7. The van der Waals surface area contributed by atoms with Gasteiger partial charge in [0, 0.05) is 5.25 Å². The monoisotopic (exact) mass is 402 g/mol. The molecular weight excluding hydrogens is 363 g/mol. The van der Waals surface area contributed by atoms with E-state index in [0.717, 1.165) is 38.5 Å². The van der Waals surface area contributed by atoms with Crippen LogP contribution in [0.3, 0.4) is 0 Å².